The number of amides is 1. The van der Waals surface area contributed by atoms with E-state index in [1.54, 1.807) is 0 Å². The maximum atomic E-state index is 12.4. The fourth-order valence-corrected chi connectivity index (χ4v) is 0.707. The Hall–Kier alpha value is -1.74. The lowest BCUT2D eigenvalue weighted by Crippen LogP contribution is -2.47. The molecular weight excluding hydrogens is 239 g/mol. The zero-order valence-corrected chi connectivity index (χ0v) is 7.69. The SMILES string of the molecule is Cc1nc(NC(=O)C(F)(F)C(F)(F)F)n[nH]1. The van der Waals surface area contributed by atoms with Crippen LogP contribution < -0.4 is 5.32 Å². The number of anilines is 1. The van der Waals surface area contributed by atoms with Crippen LogP contribution in [0.25, 0.3) is 0 Å². The van der Waals surface area contributed by atoms with Crippen molar-refractivity contribution < 1.29 is 26.7 Å². The number of carbonyl (C=O) groups is 1. The normalized spacial score (nSPS) is 12.6. The number of rotatable bonds is 2. The Morgan fingerprint density at radius 3 is 2.25 bits per heavy atom. The van der Waals surface area contributed by atoms with Crippen LogP contribution in [0.15, 0.2) is 0 Å². The highest BCUT2D eigenvalue weighted by molar-refractivity contribution is 5.95. The van der Waals surface area contributed by atoms with Gasteiger partial charge >= 0.3 is 18.0 Å². The van der Waals surface area contributed by atoms with E-state index >= 15 is 0 Å². The second kappa shape index (κ2) is 3.68. The van der Waals surface area contributed by atoms with Crippen molar-refractivity contribution >= 4 is 11.9 Å². The summed E-state index contributed by atoms with van der Waals surface area (Å²) in [5.74, 6) is -8.50. The van der Waals surface area contributed by atoms with Gasteiger partial charge in [0.1, 0.15) is 5.82 Å². The van der Waals surface area contributed by atoms with E-state index in [-0.39, 0.29) is 5.82 Å². The third-order valence-corrected chi connectivity index (χ3v) is 1.46. The Morgan fingerprint density at radius 1 is 1.31 bits per heavy atom. The molecule has 1 amide bonds. The van der Waals surface area contributed by atoms with Crippen LogP contribution >= 0.6 is 0 Å². The molecule has 90 valence electrons. The van der Waals surface area contributed by atoms with Crippen molar-refractivity contribution in [2.24, 2.45) is 0 Å². The first-order valence-corrected chi connectivity index (χ1v) is 3.79. The van der Waals surface area contributed by atoms with Crippen LogP contribution in [0, 0.1) is 6.92 Å². The van der Waals surface area contributed by atoms with Crippen LogP contribution in [-0.4, -0.2) is 33.2 Å². The molecule has 0 fully saturated rings. The second-order valence-electron chi connectivity index (χ2n) is 2.77. The number of nitrogens with one attached hydrogen (secondary N) is 2. The third-order valence-electron chi connectivity index (χ3n) is 1.46. The summed E-state index contributed by atoms with van der Waals surface area (Å²) < 4.78 is 60.0. The van der Waals surface area contributed by atoms with Gasteiger partial charge in [-0.25, -0.2) is 0 Å². The minimum atomic E-state index is -5.96. The van der Waals surface area contributed by atoms with Gasteiger partial charge in [-0.05, 0) is 6.92 Å². The maximum absolute atomic E-state index is 12.4. The van der Waals surface area contributed by atoms with Crippen molar-refractivity contribution in [1.29, 1.82) is 0 Å². The van der Waals surface area contributed by atoms with Crippen molar-refractivity contribution in [1.82, 2.24) is 15.2 Å². The van der Waals surface area contributed by atoms with Gasteiger partial charge in [0, 0.05) is 0 Å². The Bertz CT molecular complexity index is 398. The number of carbonyl (C=O) groups excluding carboxylic acids is 1. The number of hydrogen-bond acceptors (Lipinski definition) is 3. The highest BCUT2D eigenvalue weighted by Gasteiger charge is 2.63. The maximum Gasteiger partial charge on any atom is 0.463 e. The Morgan fingerprint density at radius 2 is 1.88 bits per heavy atom. The van der Waals surface area contributed by atoms with E-state index < -0.39 is 24.0 Å². The monoisotopic (exact) mass is 244 g/mol. The van der Waals surface area contributed by atoms with E-state index in [9.17, 15) is 26.7 Å². The molecule has 10 heteroatoms. The first-order valence-electron chi connectivity index (χ1n) is 3.79. The van der Waals surface area contributed by atoms with Gasteiger partial charge in [0.05, 0.1) is 0 Å². The molecule has 0 spiro atoms. The summed E-state index contributed by atoms with van der Waals surface area (Å²) in [6.45, 7) is 1.38. The Kier molecular flexibility index (Phi) is 2.84. The number of alkyl halides is 5. The predicted octanol–water partition coefficient (Wildman–Crippen LogP) is 1.25. The quantitative estimate of drug-likeness (QED) is 0.769. The van der Waals surface area contributed by atoms with Gasteiger partial charge in [-0.15, -0.1) is 5.10 Å². The van der Waals surface area contributed by atoms with Crippen LogP contribution in [0.2, 0.25) is 0 Å². The van der Waals surface area contributed by atoms with E-state index in [1.165, 1.54) is 12.2 Å². The first kappa shape index (κ1) is 12.3. The van der Waals surface area contributed by atoms with Gasteiger partial charge in [0.15, 0.2) is 0 Å². The Balaban J connectivity index is 2.80. The Labute approximate surface area is 85.0 Å². The molecule has 0 saturated heterocycles. The minimum Gasteiger partial charge on any atom is -0.288 e. The number of halogens is 5. The molecule has 0 aliphatic rings. The van der Waals surface area contributed by atoms with Gasteiger partial charge in [-0.2, -0.15) is 26.9 Å². The highest BCUT2D eigenvalue weighted by Crippen LogP contribution is 2.35. The number of aromatic amines is 1. The number of H-pyrrole nitrogens is 1. The van der Waals surface area contributed by atoms with E-state index in [4.69, 9.17) is 0 Å². The second-order valence-corrected chi connectivity index (χ2v) is 2.77. The van der Waals surface area contributed by atoms with Gasteiger partial charge < -0.3 is 0 Å². The van der Waals surface area contributed by atoms with Gasteiger partial charge in [0.2, 0.25) is 5.95 Å². The summed E-state index contributed by atoms with van der Waals surface area (Å²) >= 11 is 0. The van der Waals surface area contributed by atoms with Crippen LogP contribution in [0.5, 0.6) is 0 Å². The van der Waals surface area contributed by atoms with Crippen molar-refractivity contribution in [2.45, 2.75) is 19.0 Å². The molecular formula is C6H5F5N4O. The van der Waals surface area contributed by atoms with Gasteiger partial charge in [0.25, 0.3) is 0 Å². The summed E-state index contributed by atoms with van der Waals surface area (Å²) in [6.07, 6.45) is -5.96. The number of aromatic nitrogens is 3. The lowest BCUT2D eigenvalue weighted by molar-refractivity contribution is -0.267. The summed E-state index contributed by atoms with van der Waals surface area (Å²) in [4.78, 5) is 14.0. The molecule has 0 bridgehead atoms. The molecule has 5 nitrogen and oxygen atoms in total. The molecule has 2 N–H and O–H groups in total. The van der Waals surface area contributed by atoms with E-state index in [1.807, 2.05) is 0 Å². The first-order chi connectivity index (χ1) is 7.14. The fourth-order valence-electron chi connectivity index (χ4n) is 0.707. The molecule has 0 saturated carbocycles. The van der Waals surface area contributed by atoms with Crippen molar-refractivity contribution in [2.75, 3.05) is 5.32 Å². The van der Waals surface area contributed by atoms with Crippen molar-refractivity contribution in [3.05, 3.63) is 5.82 Å². The number of nitrogens with zero attached hydrogens (tertiary/aromatic N) is 2. The van der Waals surface area contributed by atoms with Crippen molar-refractivity contribution in [3.8, 4) is 0 Å². The number of hydrogen-bond donors (Lipinski definition) is 2. The smallest absolute Gasteiger partial charge is 0.288 e. The zero-order valence-electron chi connectivity index (χ0n) is 7.69. The van der Waals surface area contributed by atoms with Crippen LogP contribution in [0.1, 0.15) is 5.82 Å². The standard InChI is InChI=1S/C6H5F5N4O/c1-2-12-4(15-14-2)13-3(16)5(7,8)6(9,10)11/h1H3,(H2,12,13,14,15,16). The molecule has 1 aromatic rings. The van der Waals surface area contributed by atoms with Crippen LogP contribution in [0.4, 0.5) is 27.9 Å². The molecule has 0 unspecified atom stereocenters. The van der Waals surface area contributed by atoms with Crippen LogP contribution in [0.3, 0.4) is 0 Å². The minimum absolute atomic E-state index is 0.158. The predicted molar refractivity (Wildman–Crippen MR) is 40.8 cm³/mol. The summed E-state index contributed by atoms with van der Waals surface area (Å²) in [5, 5.41) is 6.59. The molecule has 1 heterocycles. The topological polar surface area (TPSA) is 70.7 Å². The summed E-state index contributed by atoms with van der Waals surface area (Å²) in [5.41, 5.74) is 0. The average Bonchev–Trinajstić information content (AvgIpc) is 2.49. The zero-order chi connectivity index (χ0) is 12.6. The molecule has 1 aromatic heterocycles. The molecule has 0 aliphatic heterocycles. The van der Waals surface area contributed by atoms with Gasteiger partial charge in [-0.3, -0.25) is 15.2 Å². The van der Waals surface area contributed by atoms with Gasteiger partial charge in [-0.1, -0.05) is 0 Å². The van der Waals surface area contributed by atoms with E-state index in [0.29, 0.717) is 0 Å². The van der Waals surface area contributed by atoms with Crippen molar-refractivity contribution in [3.63, 3.8) is 0 Å². The molecule has 1 rings (SSSR count). The molecule has 0 aromatic carbocycles. The summed E-state index contributed by atoms with van der Waals surface area (Å²) in [7, 11) is 0. The van der Waals surface area contributed by atoms with E-state index in [2.05, 4.69) is 15.2 Å². The van der Waals surface area contributed by atoms with E-state index in [0.717, 1.165) is 0 Å². The number of aryl methyl sites for hydroxylation is 1. The lowest BCUT2D eigenvalue weighted by atomic mass is 10.3. The molecule has 0 radical (unpaired) electrons. The molecule has 0 aliphatic carbocycles. The fraction of sp³-hybridized carbons (Fsp3) is 0.500. The lowest BCUT2D eigenvalue weighted by Gasteiger charge is -2.17. The highest BCUT2D eigenvalue weighted by atomic mass is 19.4. The average molecular weight is 244 g/mol. The third kappa shape index (κ3) is 2.25. The molecule has 0 atom stereocenters. The summed E-state index contributed by atoms with van der Waals surface area (Å²) in [6, 6.07) is 0. The molecule has 16 heavy (non-hydrogen) atoms. The largest absolute Gasteiger partial charge is 0.463 e. The van der Waals surface area contributed by atoms with Crippen LogP contribution in [-0.2, 0) is 4.79 Å².